The summed E-state index contributed by atoms with van der Waals surface area (Å²) in [5.41, 5.74) is 0. The zero-order chi connectivity index (χ0) is 11.1. The van der Waals surface area contributed by atoms with E-state index in [9.17, 15) is 5.11 Å². The van der Waals surface area contributed by atoms with Crippen LogP contribution in [0.1, 0.15) is 65.2 Å². The van der Waals surface area contributed by atoms with Crippen LogP contribution in [0.25, 0.3) is 0 Å². The van der Waals surface area contributed by atoms with Crippen molar-refractivity contribution in [1.29, 1.82) is 0 Å². The predicted molar refractivity (Wildman–Crippen MR) is 65.0 cm³/mol. The van der Waals surface area contributed by atoms with E-state index >= 15 is 0 Å². The van der Waals surface area contributed by atoms with E-state index in [1.54, 1.807) is 0 Å². The van der Waals surface area contributed by atoms with Crippen molar-refractivity contribution in [2.45, 2.75) is 83.4 Å². The minimum Gasteiger partial charge on any atom is -0.392 e. The minimum absolute atomic E-state index is 0.114. The van der Waals surface area contributed by atoms with Crippen LogP contribution in [0.15, 0.2) is 0 Å². The van der Waals surface area contributed by atoms with Gasteiger partial charge in [-0.2, -0.15) is 0 Å². The highest BCUT2D eigenvalue weighted by molar-refractivity contribution is 4.81. The van der Waals surface area contributed by atoms with Crippen LogP contribution in [0.5, 0.6) is 0 Å². The van der Waals surface area contributed by atoms with Crippen molar-refractivity contribution >= 4 is 0 Å². The summed E-state index contributed by atoms with van der Waals surface area (Å²) in [4.78, 5) is 0. The molecule has 1 aliphatic rings. The lowest BCUT2D eigenvalue weighted by Crippen LogP contribution is -2.43. The maximum absolute atomic E-state index is 9.96. The van der Waals surface area contributed by atoms with Gasteiger partial charge < -0.3 is 10.4 Å². The van der Waals surface area contributed by atoms with E-state index in [1.165, 1.54) is 38.5 Å². The monoisotopic (exact) mass is 213 g/mol. The molecule has 0 aromatic carbocycles. The Kier molecular flexibility index (Phi) is 6.26. The van der Waals surface area contributed by atoms with Gasteiger partial charge in [-0.3, -0.25) is 0 Å². The normalized spacial score (nSPS) is 29.8. The van der Waals surface area contributed by atoms with Gasteiger partial charge in [-0.25, -0.2) is 0 Å². The molecule has 0 radical (unpaired) electrons. The lowest BCUT2D eigenvalue weighted by Gasteiger charge is -2.26. The van der Waals surface area contributed by atoms with E-state index in [1.807, 2.05) is 0 Å². The molecule has 90 valence electrons. The van der Waals surface area contributed by atoms with Gasteiger partial charge in [0.2, 0.25) is 0 Å². The van der Waals surface area contributed by atoms with Gasteiger partial charge in [0.1, 0.15) is 0 Å². The third-order valence-corrected chi connectivity index (χ3v) is 3.47. The number of rotatable bonds is 5. The molecule has 3 unspecified atom stereocenters. The fourth-order valence-corrected chi connectivity index (χ4v) is 2.44. The zero-order valence-corrected chi connectivity index (χ0v) is 10.3. The summed E-state index contributed by atoms with van der Waals surface area (Å²) >= 11 is 0. The van der Waals surface area contributed by atoms with Crippen molar-refractivity contribution in [3.63, 3.8) is 0 Å². The van der Waals surface area contributed by atoms with Gasteiger partial charge in [-0.05, 0) is 26.2 Å². The third-order valence-electron chi connectivity index (χ3n) is 3.47. The van der Waals surface area contributed by atoms with Gasteiger partial charge >= 0.3 is 0 Å². The number of nitrogens with one attached hydrogen (secondary N) is 1. The van der Waals surface area contributed by atoms with E-state index in [4.69, 9.17) is 0 Å². The highest BCUT2D eigenvalue weighted by Gasteiger charge is 2.22. The van der Waals surface area contributed by atoms with Crippen molar-refractivity contribution in [3.05, 3.63) is 0 Å². The molecule has 0 heterocycles. The molecule has 0 saturated heterocycles. The lowest BCUT2D eigenvalue weighted by atomic mass is 10.0. The van der Waals surface area contributed by atoms with Crippen LogP contribution in [0.4, 0.5) is 0 Å². The second kappa shape index (κ2) is 7.24. The van der Waals surface area contributed by atoms with Crippen LogP contribution < -0.4 is 5.32 Å². The average molecular weight is 213 g/mol. The molecular weight excluding hydrogens is 186 g/mol. The number of hydrogen-bond donors (Lipinski definition) is 2. The first-order valence-electron chi connectivity index (χ1n) is 6.68. The standard InChI is InChI=1S/C13H27NO/c1-3-4-8-11(2)14-12-9-6-5-7-10-13(12)15/h11-15H,3-10H2,1-2H3. The summed E-state index contributed by atoms with van der Waals surface area (Å²) in [7, 11) is 0. The van der Waals surface area contributed by atoms with Gasteiger partial charge in [0.25, 0.3) is 0 Å². The molecule has 0 bridgehead atoms. The van der Waals surface area contributed by atoms with Gasteiger partial charge in [0, 0.05) is 12.1 Å². The summed E-state index contributed by atoms with van der Waals surface area (Å²) in [6, 6.07) is 0.905. The van der Waals surface area contributed by atoms with Gasteiger partial charge in [0.15, 0.2) is 0 Å². The fraction of sp³-hybridized carbons (Fsp3) is 1.00. The summed E-state index contributed by atoms with van der Waals surface area (Å²) < 4.78 is 0. The highest BCUT2D eigenvalue weighted by atomic mass is 16.3. The molecule has 1 saturated carbocycles. The van der Waals surface area contributed by atoms with E-state index < -0.39 is 0 Å². The maximum Gasteiger partial charge on any atom is 0.0693 e. The van der Waals surface area contributed by atoms with Crippen molar-refractivity contribution in [1.82, 2.24) is 5.32 Å². The largest absolute Gasteiger partial charge is 0.392 e. The van der Waals surface area contributed by atoms with Crippen LogP contribution in [0, 0.1) is 0 Å². The Morgan fingerprint density at radius 3 is 2.73 bits per heavy atom. The Morgan fingerprint density at radius 1 is 1.27 bits per heavy atom. The molecule has 1 fully saturated rings. The number of hydrogen-bond acceptors (Lipinski definition) is 2. The minimum atomic E-state index is -0.114. The number of aliphatic hydroxyl groups is 1. The van der Waals surface area contributed by atoms with Crippen LogP contribution in [0.3, 0.4) is 0 Å². The van der Waals surface area contributed by atoms with Crippen molar-refractivity contribution in [2.24, 2.45) is 0 Å². The molecule has 0 aliphatic heterocycles. The van der Waals surface area contributed by atoms with Crippen LogP contribution >= 0.6 is 0 Å². The molecular formula is C13H27NO. The van der Waals surface area contributed by atoms with E-state index in [-0.39, 0.29) is 6.10 Å². The zero-order valence-electron chi connectivity index (χ0n) is 10.3. The Balaban J connectivity index is 2.27. The quantitative estimate of drug-likeness (QED) is 0.688. The van der Waals surface area contributed by atoms with Gasteiger partial charge in [-0.1, -0.05) is 39.0 Å². The van der Waals surface area contributed by atoms with Gasteiger partial charge in [-0.15, -0.1) is 0 Å². The fourth-order valence-electron chi connectivity index (χ4n) is 2.44. The first kappa shape index (κ1) is 13.0. The van der Waals surface area contributed by atoms with Crippen LogP contribution in [0.2, 0.25) is 0 Å². The van der Waals surface area contributed by atoms with Crippen molar-refractivity contribution in [2.75, 3.05) is 0 Å². The smallest absolute Gasteiger partial charge is 0.0693 e. The average Bonchev–Trinajstić information content (AvgIpc) is 2.42. The molecule has 2 heteroatoms. The molecule has 2 N–H and O–H groups in total. The second-order valence-corrected chi connectivity index (χ2v) is 5.02. The number of aliphatic hydroxyl groups excluding tert-OH is 1. The van der Waals surface area contributed by atoms with Crippen molar-refractivity contribution < 1.29 is 5.11 Å². The predicted octanol–water partition coefficient (Wildman–Crippen LogP) is 2.85. The van der Waals surface area contributed by atoms with Gasteiger partial charge in [0.05, 0.1) is 6.10 Å². The molecule has 2 nitrogen and oxygen atoms in total. The molecule has 0 spiro atoms. The summed E-state index contributed by atoms with van der Waals surface area (Å²) in [5.74, 6) is 0. The second-order valence-electron chi connectivity index (χ2n) is 5.02. The van der Waals surface area contributed by atoms with E-state index in [0.29, 0.717) is 12.1 Å². The highest BCUT2D eigenvalue weighted by Crippen LogP contribution is 2.18. The Hall–Kier alpha value is -0.0800. The molecule has 1 rings (SSSR count). The molecule has 3 atom stereocenters. The maximum atomic E-state index is 9.96. The number of unbranched alkanes of at least 4 members (excludes halogenated alkanes) is 1. The van der Waals surface area contributed by atoms with Crippen molar-refractivity contribution in [3.8, 4) is 0 Å². The summed E-state index contributed by atoms with van der Waals surface area (Å²) in [6.07, 6.45) is 9.57. The molecule has 1 aliphatic carbocycles. The Labute approximate surface area is 94.5 Å². The molecule has 0 aromatic rings. The SMILES string of the molecule is CCCCC(C)NC1CCCCCC1O. The molecule has 15 heavy (non-hydrogen) atoms. The topological polar surface area (TPSA) is 32.3 Å². The summed E-state index contributed by atoms with van der Waals surface area (Å²) in [5, 5.41) is 13.6. The third kappa shape index (κ3) is 4.98. The Bertz CT molecular complexity index is 161. The molecule has 0 amide bonds. The molecule has 0 aromatic heterocycles. The van der Waals surface area contributed by atoms with Crippen LogP contribution in [-0.4, -0.2) is 23.3 Å². The first-order chi connectivity index (χ1) is 7.24. The Morgan fingerprint density at radius 2 is 2.00 bits per heavy atom. The van der Waals surface area contributed by atoms with Crippen LogP contribution in [-0.2, 0) is 0 Å². The van der Waals surface area contributed by atoms with E-state index in [2.05, 4.69) is 19.2 Å². The lowest BCUT2D eigenvalue weighted by molar-refractivity contribution is 0.114. The first-order valence-corrected chi connectivity index (χ1v) is 6.68. The van der Waals surface area contributed by atoms with E-state index in [0.717, 1.165) is 12.8 Å². The summed E-state index contributed by atoms with van der Waals surface area (Å²) in [6.45, 7) is 4.47.